The maximum atomic E-state index is 13.7. The van der Waals surface area contributed by atoms with Crippen molar-refractivity contribution in [2.45, 2.75) is 33.0 Å². The number of rotatable bonds is 2. The average molecular weight is 318 g/mol. The van der Waals surface area contributed by atoms with E-state index in [0.717, 1.165) is 32.2 Å². The van der Waals surface area contributed by atoms with Crippen LogP contribution in [-0.2, 0) is 6.18 Å². The van der Waals surface area contributed by atoms with Crippen LogP contribution in [0.1, 0.15) is 37.9 Å². The smallest absolute Gasteiger partial charge is 0.314 e. The summed E-state index contributed by atoms with van der Waals surface area (Å²) in [5.41, 5.74) is -0.831. The standard InChI is InChI=1S/C16H22F4N2/c1-15(2,3)14(22-6-4-21-5-7-22)11-8-12(16(18,19)20)10-13(17)9-11/h8-10,14,21H,4-7H2,1-3H3/t14-/m0/s1. The van der Waals surface area contributed by atoms with Gasteiger partial charge in [0, 0.05) is 32.2 Å². The highest BCUT2D eigenvalue weighted by Gasteiger charge is 2.36. The van der Waals surface area contributed by atoms with Gasteiger partial charge in [0.2, 0.25) is 0 Å². The van der Waals surface area contributed by atoms with Gasteiger partial charge in [-0.25, -0.2) is 4.39 Å². The quantitative estimate of drug-likeness (QED) is 0.834. The van der Waals surface area contributed by atoms with Crippen molar-refractivity contribution in [1.29, 1.82) is 0 Å². The number of piperazine rings is 1. The van der Waals surface area contributed by atoms with Crippen LogP contribution in [0, 0.1) is 11.2 Å². The van der Waals surface area contributed by atoms with E-state index in [1.807, 2.05) is 20.8 Å². The molecule has 22 heavy (non-hydrogen) atoms. The van der Waals surface area contributed by atoms with E-state index in [1.165, 1.54) is 6.07 Å². The first-order valence-electron chi connectivity index (χ1n) is 7.41. The second-order valence-electron chi connectivity index (χ2n) is 6.83. The number of alkyl halides is 3. The van der Waals surface area contributed by atoms with Gasteiger partial charge < -0.3 is 5.32 Å². The van der Waals surface area contributed by atoms with Gasteiger partial charge in [-0.05, 0) is 29.2 Å². The van der Waals surface area contributed by atoms with Gasteiger partial charge in [0.1, 0.15) is 5.82 Å². The number of hydrogen-bond donors (Lipinski definition) is 1. The predicted octanol–water partition coefficient (Wildman–Crippen LogP) is 3.84. The molecule has 2 rings (SSSR count). The fourth-order valence-electron chi connectivity index (χ4n) is 3.13. The Morgan fingerprint density at radius 3 is 2.14 bits per heavy atom. The van der Waals surface area contributed by atoms with Gasteiger partial charge in [0.05, 0.1) is 5.56 Å². The van der Waals surface area contributed by atoms with Gasteiger partial charge in [0.25, 0.3) is 0 Å². The van der Waals surface area contributed by atoms with E-state index in [0.29, 0.717) is 11.6 Å². The zero-order chi connectivity index (χ0) is 16.5. The van der Waals surface area contributed by atoms with Crippen molar-refractivity contribution in [2.24, 2.45) is 5.41 Å². The topological polar surface area (TPSA) is 15.3 Å². The van der Waals surface area contributed by atoms with E-state index < -0.39 is 17.6 Å². The minimum Gasteiger partial charge on any atom is -0.314 e. The van der Waals surface area contributed by atoms with Crippen LogP contribution in [-0.4, -0.2) is 31.1 Å². The summed E-state index contributed by atoms with van der Waals surface area (Å²) in [5.74, 6) is -0.839. The molecular formula is C16H22F4N2. The lowest BCUT2D eigenvalue weighted by Crippen LogP contribution is -2.48. The first-order chi connectivity index (χ1) is 10.1. The fourth-order valence-corrected chi connectivity index (χ4v) is 3.13. The molecule has 1 heterocycles. The summed E-state index contributed by atoms with van der Waals surface area (Å²) < 4.78 is 52.6. The number of halogens is 4. The lowest BCUT2D eigenvalue weighted by atomic mass is 9.80. The third kappa shape index (κ3) is 3.98. The molecule has 0 unspecified atom stereocenters. The number of benzene rings is 1. The van der Waals surface area contributed by atoms with Gasteiger partial charge in [0.15, 0.2) is 0 Å². The zero-order valence-electron chi connectivity index (χ0n) is 13.1. The highest BCUT2D eigenvalue weighted by molar-refractivity contribution is 5.30. The first kappa shape index (κ1) is 17.2. The summed E-state index contributed by atoms with van der Waals surface area (Å²) in [6.07, 6.45) is -4.54. The maximum Gasteiger partial charge on any atom is 0.416 e. The van der Waals surface area contributed by atoms with Gasteiger partial charge in [-0.1, -0.05) is 20.8 Å². The molecule has 6 heteroatoms. The lowest BCUT2D eigenvalue weighted by molar-refractivity contribution is -0.137. The van der Waals surface area contributed by atoms with Crippen molar-refractivity contribution in [3.63, 3.8) is 0 Å². The van der Waals surface area contributed by atoms with Crippen LogP contribution >= 0.6 is 0 Å². The van der Waals surface area contributed by atoms with Crippen molar-refractivity contribution in [3.8, 4) is 0 Å². The highest BCUT2D eigenvalue weighted by Crippen LogP contribution is 2.40. The fraction of sp³-hybridized carbons (Fsp3) is 0.625. The van der Waals surface area contributed by atoms with E-state index >= 15 is 0 Å². The Labute approximate surface area is 128 Å². The molecule has 124 valence electrons. The molecule has 0 amide bonds. The average Bonchev–Trinajstić information content (AvgIpc) is 2.36. The summed E-state index contributed by atoms with van der Waals surface area (Å²) in [7, 11) is 0. The molecule has 1 atom stereocenters. The molecule has 1 fully saturated rings. The van der Waals surface area contributed by atoms with E-state index in [1.54, 1.807) is 0 Å². The Hall–Kier alpha value is -1.14. The summed E-state index contributed by atoms with van der Waals surface area (Å²) in [6.45, 7) is 8.95. The molecule has 1 N–H and O–H groups in total. The molecule has 1 aromatic rings. The molecule has 1 aromatic carbocycles. The minimum absolute atomic E-state index is 0.258. The molecule has 2 nitrogen and oxygen atoms in total. The van der Waals surface area contributed by atoms with Crippen molar-refractivity contribution in [3.05, 3.63) is 35.1 Å². The van der Waals surface area contributed by atoms with Crippen molar-refractivity contribution < 1.29 is 17.6 Å². The van der Waals surface area contributed by atoms with Crippen LogP contribution in [0.4, 0.5) is 17.6 Å². The third-order valence-electron chi connectivity index (χ3n) is 3.90. The van der Waals surface area contributed by atoms with Crippen molar-refractivity contribution in [2.75, 3.05) is 26.2 Å². The minimum atomic E-state index is -4.54. The third-order valence-corrected chi connectivity index (χ3v) is 3.90. The molecule has 0 aliphatic carbocycles. The molecule has 0 bridgehead atoms. The molecule has 0 radical (unpaired) electrons. The van der Waals surface area contributed by atoms with E-state index in [-0.39, 0.29) is 11.5 Å². The SMILES string of the molecule is CC(C)(C)[C@H](c1cc(F)cc(C(F)(F)F)c1)N1CCNCC1. The van der Waals surface area contributed by atoms with Crippen LogP contribution in [0.15, 0.2) is 18.2 Å². The number of nitrogens with zero attached hydrogens (tertiary/aromatic N) is 1. The van der Waals surface area contributed by atoms with Gasteiger partial charge in [-0.15, -0.1) is 0 Å². The Morgan fingerprint density at radius 1 is 1.05 bits per heavy atom. The summed E-state index contributed by atoms with van der Waals surface area (Å²) in [4.78, 5) is 2.13. The molecule has 1 saturated heterocycles. The van der Waals surface area contributed by atoms with Crippen LogP contribution in [0.5, 0.6) is 0 Å². The number of nitrogens with one attached hydrogen (secondary N) is 1. The van der Waals surface area contributed by atoms with Crippen LogP contribution in [0.25, 0.3) is 0 Å². The predicted molar refractivity (Wildman–Crippen MR) is 78.0 cm³/mol. The second kappa shape index (κ2) is 6.16. The Bertz CT molecular complexity index is 514. The first-order valence-corrected chi connectivity index (χ1v) is 7.41. The van der Waals surface area contributed by atoms with Gasteiger partial charge in [-0.3, -0.25) is 4.90 Å². The zero-order valence-corrected chi connectivity index (χ0v) is 13.1. The molecule has 0 spiro atoms. The summed E-state index contributed by atoms with van der Waals surface area (Å²) >= 11 is 0. The van der Waals surface area contributed by atoms with Crippen molar-refractivity contribution >= 4 is 0 Å². The van der Waals surface area contributed by atoms with Crippen LogP contribution < -0.4 is 5.32 Å². The van der Waals surface area contributed by atoms with Crippen LogP contribution in [0.2, 0.25) is 0 Å². The Morgan fingerprint density at radius 2 is 1.64 bits per heavy atom. The van der Waals surface area contributed by atoms with E-state index in [4.69, 9.17) is 0 Å². The molecule has 1 aliphatic rings. The molecule has 1 aliphatic heterocycles. The van der Waals surface area contributed by atoms with Gasteiger partial charge >= 0.3 is 6.18 Å². The second-order valence-corrected chi connectivity index (χ2v) is 6.83. The van der Waals surface area contributed by atoms with Gasteiger partial charge in [-0.2, -0.15) is 13.2 Å². The molecule has 0 saturated carbocycles. The van der Waals surface area contributed by atoms with E-state index in [2.05, 4.69) is 10.2 Å². The number of hydrogen-bond acceptors (Lipinski definition) is 2. The van der Waals surface area contributed by atoms with E-state index in [9.17, 15) is 17.6 Å². The largest absolute Gasteiger partial charge is 0.416 e. The monoisotopic (exact) mass is 318 g/mol. The Balaban J connectivity index is 2.45. The molecular weight excluding hydrogens is 296 g/mol. The highest BCUT2D eigenvalue weighted by atomic mass is 19.4. The normalized spacial score (nSPS) is 19.2. The maximum absolute atomic E-state index is 13.7. The lowest BCUT2D eigenvalue weighted by Gasteiger charge is -2.42. The van der Waals surface area contributed by atoms with Crippen LogP contribution in [0.3, 0.4) is 0 Å². The summed E-state index contributed by atoms with van der Waals surface area (Å²) in [5, 5.41) is 3.22. The summed E-state index contributed by atoms with van der Waals surface area (Å²) in [6, 6.07) is 2.61. The van der Waals surface area contributed by atoms with Crippen molar-refractivity contribution in [1.82, 2.24) is 10.2 Å². The Kier molecular flexibility index (Phi) is 4.82. The molecule has 0 aromatic heterocycles.